The van der Waals surface area contributed by atoms with Crippen molar-refractivity contribution in [3.05, 3.63) is 64.9 Å². The Kier molecular flexibility index (Phi) is 4.75. The van der Waals surface area contributed by atoms with Crippen LogP contribution in [0, 0.1) is 0 Å². The number of amides is 2. The van der Waals surface area contributed by atoms with Gasteiger partial charge in [-0.3, -0.25) is 10.1 Å². The molecule has 142 valence electrons. The Hall–Kier alpha value is -3.32. The lowest BCUT2D eigenvalue weighted by atomic mass is 10.1. The van der Waals surface area contributed by atoms with Gasteiger partial charge in [0.1, 0.15) is 11.3 Å². The number of ether oxygens (including phenoxy) is 1. The second-order valence-electron chi connectivity index (χ2n) is 6.04. The molecular weight excluding hydrogens is 382 g/mol. The van der Waals surface area contributed by atoms with Gasteiger partial charge in [-0.2, -0.15) is 0 Å². The number of para-hydroxylation sites is 1. The van der Waals surface area contributed by atoms with Crippen molar-refractivity contribution >= 4 is 46.0 Å². The Bertz CT molecular complexity index is 1090. The lowest BCUT2D eigenvalue weighted by Crippen LogP contribution is -2.42. The van der Waals surface area contributed by atoms with Gasteiger partial charge < -0.3 is 14.5 Å². The number of hydrogen-bond donors (Lipinski definition) is 2. The highest BCUT2D eigenvalue weighted by atomic mass is 35.5. The Morgan fingerprint density at radius 2 is 2.00 bits per heavy atom. The highest BCUT2D eigenvalue weighted by Crippen LogP contribution is 2.34. The molecule has 7 nitrogen and oxygen atoms in total. The van der Waals surface area contributed by atoms with E-state index in [1.807, 2.05) is 24.3 Å². The first-order chi connectivity index (χ1) is 13.6. The molecule has 3 aromatic rings. The van der Waals surface area contributed by atoms with Gasteiger partial charge in [0.2, 0.25) is 6.17 Å². The predicted octanol–water partition coefficient (Wildman–Crippen LogP) is 3.95. The largest absolute Gasteiger partial charge is 0.452 e. The fourth-order valence-electron chi connectivity index (χ4n) is 2.97. The molecule has 28 heavy (non-hydrogen) atoms. The summed E-state index contributed by atoms with van der Waals surface area (Å²) in [6.45, 7) is 1.86. The zero-order chi connectivity index (χ0) is 19.7. The van der Waals surface area contributed by atoms with Crippen LogP contribution in [0.5, 0.6) is 0 Å². The van der Waals surface area contributed by atoms with Crippen LogP contribution in [-0.2, 0) is 9.53 Å². The Morgan fingerprint density at radius 3 is 2.75 bits per heavy atom. The van der Waals surface area contributed by atoms with E-state index in [1.165, 1.54) is 0 Å². The molecule has 2 heterocycles. The van der Waals surface area contributed by atoms with Gasteiger partial charge in [-0.15, -0.1) is 0 Å². The van der Waals surface area contributed by atoms with Crippen molar-refractivity contribution in [3.63, 3.8) is 0 Å². The van der Waals surface area contributed by atoms with Crippen LogP contribution in [0.25, 0.3) is 11.0 Å². The summed E-state index contributed by atoms with van der Waals surface area (Å²) < 4.78 is 10.9. The molecule has 0 saturated carbocycles. The number of carbonyl (C=O) groups is 2. The third kappa shape index (κ3) is 3.32. The summed E-state index contributed by atoms with van der Waals surface area (Å²) >= 11 is 6.00. The van der Waals surface area contributed by atoms with E-state index in [1.54, 1.807) is 31.2 Å². The minimum Gasteiger partial charge on any atom is -0.452 e. The molecular formula is C20H16ClN3O4. The highest BCUT2D eigenvalue weighted by molar-refractivity contribution is 6.31. The van der Waals surface area contributed by atoms with Crippen LogP contribution in [0.15, 0.2) is 57.9 Å². The van der Waals surface area contributed by atoms with E-state index in [4.69, 9.17) is 20.8 Å². The van der Waals surface area contributed by atoms with Crippen molar-refractivity contribution in [1.29, 1.82) is 0 Å². The smallest absolute Gasteiger partial charge is 0.409 e. The molecule has 0 saturated heterocycles. The van der Waals surface area contributed by atoms with E-state index in [2.05, 4.69) is 15.6 Å². The molecule has 0 aliphatic carbocycles. The molecule has 2 aromatic carbocycles. The van der Waals surface area contributed by atoms with Crippen molar-refractivity contribution in [2.45, 2.75) is 13.1 Å². The molecule has 2 amide bonds. The summed E-state index contributed by atoms with van der Waals surface area (Å²) in [7, 11) is 0. The van der Waals surface area contributed by atoms with E-state index in [-0.39, 0.29) is 6.61 Å². The van der Waals surface area contributed by atoms with Crippen molar-refractivity contribution in [1.82, 2.24) is 5.32 Å². The summed E-state index contributed by atoms with van der Waals surface area (Å²) in [5.74, 6) is -0.0881. The number of benzene rings is 2. The fourth-order valence-corrected chi connectivity index (χ4v) is 3.10. The Balaban J connectivity index is 1.86. The van der Waals surface area contributed by atoms with Crippen molar-refractivity contribution in [2.24, 2.45) is 4.99 Å². The van der Waals surface area contributed by atoms with Crippen LogP contribution in [0.2, 0.25) is 5.02 Å². The first-order valence-corrected chi connectivity index (χ1v) is 9.04. The number of hydrogen-bond acceptors (Lipinski definition) is 5. The zero-order valence-electron chi connectivity index (χ0n) is 14.9. The topological polar surface area (TPSA) is 92.9 Å². The SMILES string of the molecule is CCOC(=O)NC1N=C(c2ccc(Cl)cc2)c2oc3ccccc3c2NC1=O. The number of halogens is 1. The Morgan fingerprint density at radius 1 is 1.25 bits per heavy atom. The standard InChI is InChI=1S/C20H16ClN3O4/c1-2-27-20(26)24-18-19(25)23-16-13-5-3-4-6-14(13)28-17(16)15(22-18)11-7-9-12(21)10-8-11/h3-10,18H,2H2,1H3,(H,23,25)(H,24,26). The molecule has 1 aliphatic heterocycles. The maximum absolute atomic E-state index is 12.7. The number of aliphatic imine (C=N–C) groups is 1. The predicted molar refractivity (Wildman–Crippen MR) is 106 cm³/mol. The first kappa shape index (κ1) is 18.1. The van der Waals surface area contributed by atoms with E-state index < -0.39 is 18.2 Å². The minimum atomic E-state index is -1.17. The van der Waals surface area contributed by atoms with E-state index >= 15 is 0 Å². The number of alkyl carbamates (subject to hydrolysis) is 1. The normalized spacial score (nSPS) is 16.0. The lowest BCUT2D eigenvalue weighted by Gasteiger charge is -2.13. The van der Waals surface area contributed by atoms with Crippen molar-refractivity contribution in [3.8, 4) is 0 Å². The molecule has 0 radical (unpaired) electrons. The van der Waals surface area contributed by atoms with Gasteiger partial charge >= 0.3 is 6.09 Å². The van der Waals surface area contributed by atoms with Gasteiger partial charge in [-0.05, 0) is 31.2 Å². The quantitative estimate of drug-likeness (QED) is 0.699. The molecule has 1 aromatic heterocycles. The van der Waals surface area contributed by atoms with Gasteiger partial charge in [0.15, 0.2) is 5.76 Å². The molecule has 0 spiro atoms. The highest BCUT2D eigenvalue weighted by Gasteiger charge is 2.31. The molecule has 8 heteroatoms. The zero-order valence-corrected chi connectivity index (χ0v) is 15.6. The average molecular weight is 398 g/mol. The fraction of sp³-hybridized carbons (Fsp3) is 0.150. The van der Waals surface area contributed by atoms with E-state index in [9.17, 15) is 9.59 Å². The molecule has 2 N–H and O–H groups in total. The molecule has 4 rings (SSSR count). The van der Waals surface area contributed by atoms with Crippen LogP contribution in [-0.4, -0.2) is 30.5 Å². The number of carbonyl (C=O) groups excluding carboxylic acids is 2. The number of nitrogens with one attached hydrogen (secondary N) is 2. The van der Waals surface area contributed by atoms with Crippen molar-refractivity contribution in [2.75, 3.05) is 11.9 Å². The number of rotatable bonds is 3. The van der Waals surface area contributed by atoms with Gasteiger partial charge in [0.25, 0.3) is 5.91 Å². The summed E-state index contributed by atoms with van der Waals surface area (Å²) in [5.41, 5.74) is 2.23. The lowest BCUT2D eigenvalue weighted by molar-refractivity contribution is -0.117. The second-order valence-corrected chi connectivity index (χ2v) is 6.48. The van der Waals surface area contributed by atoms with Crippen LogP contribution < -0.4 is 10.6 Å². The maximum Gasteiger partial charge on any atom is 0.409 e. The third-order valence-corrected chi connectivity index (χ3v) is 4.46. The van der Waals surface area contributed by atoms with Gasteiger partial charge in [0, 0.05) is 16.0 Å². The van der Waals surface area contributed by atoms with Crippen LogP contribution >= 0.6 is 11.6 Å². The Labute approximate surface area is 165 Å². The number of furan rings is 1. The second kappa shape index (κ2) is 7.36. The van der Waals surface area contributed by atoms with Crippen LogP contribution in [0.1, 0.15) is 18.2 Å². The summed E-state index contributed by atoms with van der Waals surface area (Å²) in [6, 6.07) is 14.3. The van der Waals surface area contributed by atoms with Gasteiger partial charge in [0.05, 0.1) is 12.3 Å². The molecule has 1 atom stereocenters. The van der Waals surface area contributed by atoms with Crippen LogP contribution in [0.3, 0.4) is 0 Å². The van der Waals surface area contributed by atoms with Gasteiger partial charge in [-0.1, -0.05) is 35.9 Å². The number of nitrogens with zero attached hydrogens (tertiary/aromatic N) is 1. The van der Waals surface area contributed by atoms with Gasteiger partial charge in [-0.25, -0.2) is 9.79 Å². The summed E-state index contributed by atoms with van der Waals surface area (Å²) in [5, 5.41) is 6.58. The monoisotopic (exact) mass is 397 g/mol. The number of fused-ring (bicyclic) bond motifs is 3. The molecule has 0 fully saturated rings. The summed E-state index contributed by atoms with van der Waals surface area (Å²) in [6.07, 6.45) is -1.91. The maximum atomic E-state index is 12.7. The first-order valence-electron chi connectivity index (χ1n) is 8.66. The molecule has 1 unspecified atom stereocenters. The minimum absolute atomic E-state index is 0.180. The third-order valence-electron chi connectivity index (χ3n) is 4.21. The molecule has 1 aliphatic rings. The summed E-state index contributed by atoms with van der Waals surface area (Å²) in [4.78, 5) is 29.1. The number of anilines is 1. The average Bonchev–Trinajstić information content (AvgIpc) is 2.98. The van der Waals surface area contributed by atoms with Crippen LogP contribution in [0.4, 0.5) is 10.5 Å². The van der Waals surface area contributed by atoms with E-state index in [0.717, 1.165) is 5.39 Å². The van der Waals surface area contributed by atoms with Crippen molar-refractivity contribution < 1.29 is 18.7 Å². The molecule has 0 bridgehead atoms. The van der Waals surface area contributed by atoms with E-state index in [0.29, 0.717) is 33.3 Å².